The number of alkyl halides is 1. The summed E-state index contributed by atoms with van der Waals surface area (Å²) in [4.78, 5) is 0. The Morgan fingerprint density at radius 1 is 1.58 bits per heavy atom. The van der Waals surface area contributed by atoms with Crippen molar-refractivity contribution in [3.8, 4) is 0 Å². The second-order valence-electron chi connectivity index (χ2n) is 2.66. The van der Waals surface area contributed by atoms with Crippen molar-refractivity contribution in [1.82, 2.24) is 10.2 Å². The summed E-state index contributed by atoms with van der Waals surface area (Å²) < 4.78 is 5.20. The molecule has 0 radical (unpaired) electrons. The van der Waals surface area contributed by atoms with Crippen LogP contribution in [0.25, 0.3) is 0 Å². The number of thioether (sulfide) groups is 1. The van der Waals surface area contributed by atoms with Gasteiger partial charge < -0.3 is 4.42 Å². The first kappa shape index (κ1) is 10.1. The SMILES string of the molecule is Cc1nnc(SCC(C)CBr)o1. The lowest BCUT2D eigenvalue weighted by Crippen LogP contribution is -1.98. The number of aromatic nitrogens is 2. The van der Waals surface area contributed by atoms with Crippen molar-refractivity contribution < 1.29 is 4.42 Å². The van der Waals surface area contributed by atoms with Gasteiger partial charge in [0.1, 0.15) is 0 Å². The molecule has 68 valence electrons. The standard InChI is InChI=1S/C7H11BrN2OS/c1-5(3-8)4-12-7-10-9-6(2)11-7/h5H,3-4H2,1-2H3. The van der Waals surface area contributed by atoms with E-state index >= 15 is 0 Å². The molecule has 0 bridgehead atoms. The van der Waals surface area contributed by atoms with Gasteiger partial charge in [-0.15, -0.1) is 10.2 Å². The first-order valence-corrected chi connectivity index (χ1v) is 5.82. The molecule has 5 heteroatoms. The van der Waals surface area contributed by atoms with Gasteiger partial charge in [-0.3, -0.25) is 0 Å². The molecule has 3 nitrogen and oxygen atoms in total. The fraction of sp³-hybridized carbons (Fsp3) is 0.714. The number of aryl methyl sites for hydroxylation is 1. The van der Waals surface area contributed by atoms with E-state index < -0.39 is 0 Å². The predicted octanol–water partition coefficient (Wildman–Crippen LogP) is 2.50. The Morgan fingerprint density at radius 3 is 2.83 bits per heavy atom. The molecule has 1 unspecified atom stereocenters. The van der Waals surface area contributed by atoms with Crippen LogP contribution in [0.3, 0.4) is 0 Å². The van der Waals surface area contributed by atoms with Crippen LogP contribution in [-0.2, 0) is 0 Å². The molecule has 1 aromatic heterocycles. The highest BCUT2D eigenvalue weighted by atomic mass is 79.9. The highest BCUT2D eigenvalue weighted by molar-refractivity contribution is 9.09. The Hall–Kier alpha value is -0.0300. The lowest BCUT2D eigenvalue weighted by atomic mass is 10.3. The van der Waals surface area contributed by atoms with E-state index in [1.807, 2.05) is 0 Å². The maximum atomic E-state index is 5.20. The van der Waals surface area contributed by atoms with Crippen LogP contribution in [0.5, 0.6) is 0 Å². The minimum atomic E-state index is 0.627. The Bertz CT molecular complexity index is 241. The molecule has 1 heterocycles. The predicted molar refractivity (Wildman–Crippen MR) is 52.7 cm³/mol. The third-order valence-corrected chi connectivity index (χ3v) is 3.52. The molecule has 1 aromatic rings. The van der Waals surface area contributed by atoms with Gasteiger partial charge in [0.2, 0.25) is 5.89 Å². The van der Waals surface area contributed by atoms with Crippen LogP contribution in [0, 0.1) is 12.8 Å². The highest BCUT2D eigenvalue weighted by Crippen LogP contribution is 2.19. The molecule has 12 heavy (non-hydrogen) atoms. The zero-order valence-corrected chi connectivity index (χ0v) is 9.48. The topological polar surface area (TPSA) is 38.9 Å². The van der Waals surface area contributed by atoms with Gasteiger partial charge in [0, 0.05) is 18.0 Å². The summed E-state index contributed by atoms with van der Waals surface area (Å²) in [5, 5.41) is 9.30. The molecule has 0 aliphatic heterocycles. The second kappa shape index (κ2) is 4.87. The first-order chi connectivity index (χ1) is 5.72. The molecule has 0 aliphatic rings. The average Bonchev–Trinajstić information content (AvgIpc) is 2.47. The van der Waals surface area contributed by atoms with Gasteiger partial charge in [-0.25, -0.2) is 0 Å². The third-order valence-electron chi connectivity index (χ3n) is 1.26. The summed E-state index contributed by atoms with van der Waals surface area (Å²) in [6.07, 6.45) is 0. The Labute approximate surface area is 84.4 Å². The van der Waals surface area contributed by atoms with Gasteiger partial charge in [0.25, 0.3) is 5.22 Å². The van der Waals surface area contributed by atoms with Gasteiger partial charge in [-0.05, 0) is 5.92 Å². The van der Waals surface area contributed by atoms with E-state index in [0.717, 1.165) is 11.1 Å². The van der Waals surface area contributed by atoms with Crippen molar-refractivity contribution in [1.29, 1.82) is 0 Å². The molecular formula is C7H11BrN2OS. The molecule has 1 atom stereocenters. The zero-order valence-electron chi connectivity index (χ0n) is 7.08. The van der Waals surface area contributed by atoms with E-state index in [4.69, 9.17) is 4.42 Å². The van der Waals surface area contributed by atoms with Crippen LogP contribution < -0.4 is 0 Å². The smallest absolute Gasteiger partial charge is 0.276 e. The third kappa shape index (κ3) is 3.15. The number of rotatable bonds is 4. The fourth-order valence-corrected chi connectivity index (χ4v) is 1.95. The van der Waals surface area contributed by atoms with E-state index in [1.165, 1.54) is 0 Å². The molecule has 0 fully saturated rings. The van der Waals surface area contributed by atoms with E-state index in [2.05, 4.69) is 33.1 Å². The number of hydrogen-bond donors (Lipinski definition) is 0. The average molecular weight is 251 g/mol. The van der Waals surface area contributed by atoms with Gasteiger partial charge in [-0.1, -0.05) is 34.6 Å². The molecule has 0 amide bonds. The molecule has 1 rings (SSSR count). The molecule has 0 aromatic carbocycles. The van der Waals surface area contributed by atoms with E-state index in [0.29, 0.717) is 17.0 Å². The number of nitrogens with zero attached hydrogens (tertiary/aromatic N) is 2. The largest absolute Gasteiger partial charge is 0.416 e. The molecule has 0 N–H and O–H groups in total. The van der Waals surface area contributed by atoms with E-state index in [1.54, 1.807) is 18.7 Å². The van der Waals surface area contributed by atoms with Gasteiger partial charge in [-0.2, -0.15) is 0 Å². The van der Waals surface area contributed by atoms with Gasteiger partial charge >= 0.3 is 0 Å². The zero-order chi connectivity index (χ0) is 8.97. The Morgan fingerprint density at radius 2 is 2.33 bits per heavy atom. The molecule has 0 aliphatic carbocycles. The van der Waals surface area contributed by atoms with Crippen LogP contribution in [0.1, 0.15) is 12.8 Å². The van der Waals surface area contributed by atoms with Gasteiger partial charge in [0.05, 0.1) is 0 Å². The Kier molecular flexibility index (Phi) is 4.08. The summed E-state index contributed by atoms with van der Waals surface area (Å²) in [5.41, 5.74) is 0. The summed E-state index contributed by atoms with van der Waals surface area (Å²) >= 11 is 5.02. The molecule has 0 spiro atoms. The maximum absolute atomic E-state index is 5.20. The molecular weight excluding hydrogens is 240 g/mol. The van der Waals surface area contributed by atoms with Crippen LogP contribution in [-0.4, -0.2) is 21.3 Å². The van der Waals surface area contributed by atoms with Gasteiger partial charge in [0.15, 0.2) is 0 Å². The van der Waals surface area contributed by atoms with Crippen LogP contribution in [0.15, 0.2) is 9.64 Å². The number of hydrogen-bond acceptors (Lipinski definition) is 4. The van der Waals surface area contributed by atoms with E-state index in [9.17, 15) is 0 Å². The quantitative estimate of drug-likeness (QED) is 0.608. The monoisotopic (exact) mass is 250 g/mol. The molecule has 0 saturated carbocycles. The summed E-state index contributed by atoms with van der Waals surface area (Å²) in [7, 11) is 0. The summed E-state index contributed by atoms with van der Waals surface area (Å²) in [5.74, 6) is 2.26. The Balaban J connectivity index is 2.33. The second-order valence-corrected chi connectivity index (χ2v) is 4.28. The van der Waals surface area contributed by atoms with Crippen LogP contribution in [0.2, 0.25) is 0 Å². The van der Waals surface area contributed by atoms with Crippen molar-refractivity contribution in [2.75, 3.05) is 11.1 Å². The van der Waals surface area contributed by atoms with Crippen molar-refractivity contribution in [2.45, 2.75) is 19.1 Å². The minimum absolute atomic E-state index is 0.627. The van der Waals surface area contributed by atoms with Crippen molar-refractivity contribution in [3.05, 3.63) is 5.89 Å². The van der Waals surface area contributed by atoms with E-state index in [-0.39, 0.29) is 0 Å². The number of halogens is 1. The van der Waals surface area contributed by atoms with Crippen molar-refractivity contribution >= 4 is 27.7 Å². The fourth-order valence-electron chi connectivity index (χ4n) is 0.595. The summed E-state index contributed by atoms with van der Waals surface area (Å²) in [6.45, 7) is 3.97. The van der Waals surface area contributed by atoms with Crippen molar-refractivity contribution in [2.24, 2.45) is 5.92 Å². The normalized spacial score (nSPS) is 13.2. The lowest BCUT2D eigenvalue weighted by molar-refractivity contribution is 0.429. The first-order valence-electron chi connectivity index (χ1n) is 3.71. The minimum Gasteiger partial charge on any atom is -0.416 e. The van der Waals surface area contributed by atoms with Crippen molar-refractivity contribution in [3.63, 3.8) is 0 Å². The van der Waals surface area contributed by atoms with Crippen LogP contribution >= 0.6 is 27.7 Å². The summed E-state index contributed by atoms with van der Waals surface area (Å²) in [6, 6.07) is 0. The maximum Gasteiger partial charge on any atom is 0.276 e. The highest BCUT2D eigenvalue weighted by Gasteiger charge is 2.05. The van der Waals surface area contributed by atoms with Crippen LogP contribution in [0.4, 0.5) is 0 Å². The lowest BCUT2D eigenvalue weighted by Gasteiger charge is -2.02. The molecule has 0 saturated heterocycles.